The highest BCUT2D eigenvalue weighted by Gasteiger charge is 2.44. The van der Waals surface area contributed by atoms with Gasteiger partial charge < -0.3 is 15.0 Å². The predicted octanol–water partition coefficient (Wildman–Crippen LogP) is 4.01. The lowest BCUT2D eigenvalue weighted by Gasteiger charge is -2.07. The molecule has 1 heterocycles. The highest BCUT2D eigenvalue weighted by molar-refractivity contribution is 6.11. The number of hydrogen-bond acceptors (Lipinski definition) is 3. The van der Waals surface area contributed by atoms with Crippen molar-refractivity contribution in [2.75, 3.05) is 12.4 Å². The minimum atomic E-state index is -0.496. The van der Waals surface area contributed by atoms with Crippen molar-refractivity contribution in [3.63, 3.8) is 0 Å². The number of anilines is 1. The molecule has 0 radical (unpaired) electrons. The number of aromatic amines is 1. The zero-order valence-corrected chi connectivity index (χ0v) is 14.7. The summed E-state index contributed by atoms with van der Waals surface area (Å²) in [7, 11) is 1.33. The highest BCUT2D eigenvalue weighted by atomic mass is 16.5. The summed E-state index contributed by atoms with van der Waals surface area (Å²) in [5.74, 6) is -0.390. The van der Waals surface area contributed by atoms with E-state index in [0.29, 0.717) is 5.69 Å². The standard InChI is InChI=1S/C21H20N2O3/c1-12-8-9-17-16(10-12)18(19(22-17)21(25)26-2)23-20(24)15-11-14(15)13-6-4-3-5-7-13/h3-10,14-15,22H,11H2,1-2H3,(H,23,24)/t14-,15-/m1/s1. The van der Waals surface area contributed by atoms with Crippen LogP contribution in [0.4, 0.5) is 5.69 Å². The first-order valence-electron chi connectivity index (χ1n) is 8.65. The van der Waals surface area contributed by atoms with Crippen LogP contribution in [0.2, 0.25) is 0 Å². The lowest BCUT2D eigenvalue weighted by atomic mass is 10.1. The van der Waals surface area contributed by atoms with Crippen molar-refractivity contribution >= 4 is 28.5 Å². The molecule has 2 aromatic carbocycles. The van der Waals surface area contributed by atoms with Gasteiger partial charge in [0.25, 0.3) is 0 Å². The first kappa shape index (κ1) is 16.4. The Morgan fingerprint density at radius 1 is 1.15 bits per heavy atom. The maximum atomic E-state index is 12.8. The molecule has 0 spiro atoms. The Balaban J connectivity index is 1.63. The van der Waals surface area contributed by atoms with Crippen molar-refractivity contribution < 1.29 is 14.3 Å². The number of aromatic nitrogens is 1. The van der Waals surface area contributed by atoms with Crippen LogP contribution in [0.25, 0.3) is 10.9 Å². The smallest absolute Gasteiger partial charge is 0.356 e. The zero-order valence-electron chi connectivity index (χ0n) is 14.7. The van der Waals surface area contributed by atoms with Gasteiger partial charge in [0.2, 0.25) is 5.91 Å². The number of nitrogens with one attached hydrogen (secondary N) is 2. The molecule has 1 aromatic heterocycles. The van der Waals surface area contributed by atoms with Gasteiger partial charge in [-0.2, -0.15) is 0 Å². The summed E-state index contributed by atoms with van der Waals surface area (Å²) in [6.07, 6.45) is 0.824. The second kappa shape index (κ2) is 6.33. The van der Waals surface area contributed by atoms with Gasteiger partial charge in [-0.25, -0.2) is 4.79 Å². The summed E-state index contributed by atoms with van der Waals surface area (Å²) in [5.41, 5.74) is 3.80. The number of fused-ring (bicyclic) bond motifs is 1. The molecule has 2 N–H and O–H groups in total. The molecule has 26 heavy (non-hydrogen) atoms. The molecule has 4 rings (SSSR count). The monoisotopic (exact) mass is 348 g/mol. The molecule has 0 saturated heterocycles. The fourth-order valence-electron chi connectivity index (χ4n) is 3.46. The summed E-state index contributed by atoms with van der Waals surface area (Å²) in [4.78, 5) is 28.0. The van der Waals surface area contributed by atoms with Gasteiger partial charge in [-0.1, -0.05) is 42.0 Å². The molecular formula is C21H20N2O3. The molecular weight excluding hydrogens is 328 g/mol. The molecule has 1 aliphatic carbocycles. The Bertz CT molecular complexity index is 991. The van der Waals surface area contributed by atoms with Crippen LogP contribution < -0.4 is 5.32 Å². The largest absolute Gasteiger partial charge is 0.464 e. The van der Waals surface area contributed by atoms with E-state index in [9.17, 15) is 9.59 Å². The number of rotatable bonds is 4. The van der Waals surface area contributed by atoms with Crippen LogP contribution in [0.5, 0.6) is 0 Å². The van der Waals surface area contributed by atoms with Crippen molar-refractivity contribution in [2.45, 2.75) is 19.3 Å². The lowest BCUT2D eigenvalue weighted by molar-refractivity contribution is -0.117. The SMILES string of the molecule is COC(=O)c1[nH]c2ccc(C)cc2c1NC(=O)[C@@H]1C[C@@H]1c1ccccc1. The second-order valence-corrected chi connectivity index (χ2v) is 6.76. The van der Waals surface area contributed by atoms with Crippen LogP contribution in [0.1, 0.15) is 34.0 Å². The van der Waals surface area contributed by atoms with Crippen molar-refractivity contribution in [1.29, 1.82) is 0 Å². The first-order chi connectivity index (χ1) is 12.6. The van der Waals surface area contributed by atoms with E-state index in [4.69, 9.17) is 4.74 Å². The van der Waals surface area contributed by atoms with Gasteiger partial charge in [-0.05, 0) is 37.0 Å². The summed E-state index contributed by atoms with van der Waals surface area (Å²) in [5, 5.41) is 3.78. The van der Waals surface area contributed by atoms with E-state index in [0.717, 1.165) is 22.9 Å². The quantitative estimate of drug-likeness (QED) is 0.700. The number of methoxy groups -OCH3 is 1. The van der Waals surface area contributed by atoms with E-state index in [2.05, 4.69) is 10.3 Å². The van der Waals surface area contributed by atoms with Gasteiger partial charge in [0.05, 0.1) is 12.8 Å². The Morgan fingerprint density at radius 3 is 2.65 bits per heavy atom. The lowest BCUT2D eigenvalue weighted by Crippen LogP contribution is -2.17. The number of amides is 1. The first-order valence-corrected chi connectivity index (χ1v) is 8.65. The molecule has 132 valence electrons. The summed E-state index contributed by atoms with van der Waals surface area (Å²) in [6, 6.07) is 15.8. The fourth-order valence-corrected chi connectivity index (χ4v) is 3.46. The number of carbonyl (C=O) groups is 2. The average Bonchev–Trinajstić information content (AvgIpc) is 3.40. The number of hydrogen-bond donors (Lipinski definition) is 2. The van der Waals surface area contributed by atoms with Gasteiger partial charge in [0.15, 0.2) is 0 Å². The zero-order chi connectivity index (χ0) is 18.3. The summed E-state index contributed by atoms with van der Waals surface area (Å²) < 4.78 is 4.86. The van der Waals surface area contributed by atoms with Gasteiger partial charge in [-0.3, -0.25) is 4.79 Å². The number of H-pyrrole nitrogens is 1. The van der Waals surface area contributed by atoms with Gasteiger partial charge in [-0.15, -0.1) is 0 Å². The van der Waals surface area contributed by atoms with Crippen molar-refractivity contribution in [3.05, 3.63) is 65.4 Å². The van der Waals surface area contributed by atoms with Crippen molar-refractivity contribution in [2.24, 2.45) is 5.92 Å². The van der Waals surface area contributed by atoms with Crippen molar-refractivity contribution in [1.82, 2.24) is 4.98 Å². The molecule has 5 nitrogen and oxygen atoms in total. The van der Waals surface area contributed by atoms with E-state index >= 15 is 0 Å². The van der Waals surface area contributed by atoms with E-state index in [1.165, 1.54) is 12.7 Å². The van der Waals surface area contributed by atoms with Crippen LogP contribution in [-0.2, 0) is 9.53 Å². The number of aryl methyl sites for hydroxylation is 1. The van der Waals surface area contributed by atoms with Gasteiger partial charge in [0, 0.05) is 16.8 Å². The molecule has 0 unspecified atom stereocenters. The average molecular weight is 348 g/mol. The van der Waals surface area contributed by atoms with Crippen LogP contribution in [0.3, 0.4) is 0 Å². The molecule has 1 amide bonds. The Hall–Kier alpha value is -3.08. The molecule has 0 aliphatic heterocycles. The van der Waals surface area contributed by atoms with Gasteiger partial charge >= 0.3 is 5.97 Å². The molecule has 5 heteroatoms. The Kier molecular flexibility index (Phi) is 3.99. The van der Waals surface area contributed by atoms with Crippen molar-refractivity contribution in [3.8, 4) is 0 Å². The molecule has 3 aromatic rings. The molecule has 1 aliphatic rings. The predicted molar refractivity (Wildman–Crippen MR) is 100 cm³/mol. The molecule has 2 atom stereocenters. The van der Waals surface area contributed by atoms with Crippen LogP contribution >= 0.6 is 0 Å². The van der Waals surface area contributed by atoms with Crippen LogP contribution in [0.15, 0.2) is 48.5 Å². The van der Waals surface area contributed by atoms with E-state index in [-0.39, 0.29) is 23.4 Å². The molecule has 1 fully saturated rings. The van der Waals surface area contributed by atoms with Crippen LogP contribution in [-0.4, -0.2) is 24.0 Å². The minimum Gasteiger partial charge on any atom is -0.464 e. The van der Waals surface area contributed by atoms with Crippen LogP contribution in [0, 0.1) is 12.8 Å². The second-order valence-electron chi connectivity index (χ2n) is 6.76. The number of esters is 1. The number of carbonyl (C=O) groups excluding carboxylic acids is 2. The van der Waals surface area contributed by atoms with E-state index in [1.807, 2.05) is 55.5 Å². The molecule has 0 bridgehead atoms. The van der Waals surface area contributed by atoms with E-state index in [1.54, 1.807) is 0 Å². The third-order valence-electron chi connectivity index (χ3n) is 4.95. The minimum absolute atomic E-state index is 0.0635. The maximum absolute atomic E-state index is 12.8. The fraction of sp³-hybridized carbons (Fsp3) is 0.238. The highest BCUT2D eigenvalue weighted by Crippen LogP contribution is 2.48. The topological polar surface area (TPSA) is 71.2 Å². The maximum Gasteiger partial charge on any atom is 0.356 e. The third kappa shape index (κ3) is 2.86. The van der Waals surface area contributed by atoms with Gasteiger partial charge in [0.1, 0.15) is 5.69 Å². The third-order valence-corrected chi connectivity index (χ3v) is 4.95. The summed E-state index contributed by atoms with van der Waals surface area (Å²) in [6.45, 7) is 1.97. The normalized spacial score (nSPS) is 18.5. The van der Waals surface area contributed by atoms with E-state index < -0.39 is 5.97 Å². The Morgan fingerprint density at radius 2 is 1.92 bits per heavy atom. The number of benzene rings is 2. The number of ether oxygens (including phenoxy) is 1. The molecule has 1 saturated carbocycles. The summed E-state index contributed by atoms with van der Waals surface area (Å²) >= 11 is 0. The Labute approximate surface area is 151 Å².